The van der Waals surface area contributed by atoms with Gasteiger partial charge in [-0.2, -0.15) is 0 Å². The molecule has 174 valence electrons. The van der Waals surface area contributed by atoms with Gasteiger partial charge in [-0.25, -0.2) is 0 Å². The van der Waals surface area contributed by atoms with E-state index in [1.54, 1.807) is 0 Å². The molecule has 3 aromatic rings. The maximum atomic E-state index is 6.07. The van der Waals surface area contributed by atoms with Crippen LogP contribution < -0.4 is 16.4 Å². The molecule has 3 nitrogen and oxygen atoms in total. The summed E-state index contributed by atoms with van der Waals surface area (Å²) in [6.07, 6.45) is 3.75. The van der Waals surface area contributed by atoms with Gasteiger partial charge in [-0.1, -0.05) is 152 Å². The second kappa shape index (κ2) is 18.2. The summed E-state index contributed by atoms with van der Waals surface area (Å²) < 4.78 is 18.2. The molecule has 1 aliphatic heterocycles. The van der Waals surface area contributed by atoms with Gasteiger partial charge < -0.3 is 13.7 Å². The van der Waals surface area contributed by atoms with Crippen molar-refractivity contribution in [3.8, 4) is 0 Å². The van der Waals surface area contributed by atoms with Gasteiger partial charge in [0.25, 0.3) is 0 Å². The molecular weight excluding hydrogens is 405 g/mol. The first-order chi connectivity index (χ1) is 16.1. The summed E-state index contributed by atoms with van der Waals surface area (Å²) in [6, 6.07) is 29.8. The first-order valence-electron chi connectivity index (χ1n) is 12.3. The number of rotatable bonds is 3. The van der Waals surface area contributed by atoms with Crippen molar-refractivity contribution in [2.45, 2.75) is 60.8 Å². The molecule has 1 aliphatic rings. The fourth-order valence-electron chi connectivity index (χ4n) is 2.73. The predicted octanol–water partition coefficient (Wildman–Crippen LogP) is 5.48. The molecule has 0 bridgehead atoms. The Hall–Kier alpha value is -2.27. The molecule has 33 heavy (non-hydrogen) atoms. The van der Waals surface area contributed by atoms with Crippen molar-refractivity contribution in [3.05, 3.63) is 91.0 Å². The fraction of sp³-hybridized carbons (Fsp3) is 0.333. The third kappa shape index (κ3) is 10.9. The highest BCUT2D eigenvalue weighted by Gasteiger charge is 2.43. The van der Waals surface area contributed by atoms with Gasteiger partial charge in [0.05, 0.1) is 0 Å². The number of hydrogen-bond donors (Lipinski definition) is 0. The van der Waals surface area contributed by atoms with E-state index in [1.807, 2.05) is 91.0 Å². The molecular formula is C27H39B3O3. The van der Waals surface area contributed by atoms with E-state index in [2.05, 4.69) is 41.5 Å². The summed E-state index contributed by atoms with van der Waals surface area (Å²) in [5.74, 6) is 0. The highest BCUT2D eigenvalue weighted by Crippen LogP contribution is 2.10. The Bertz CT molecular complexity index is 701. The molecule has 0 N–H and O–H groups in total. The molecule has 0 aliphatic carbocycles. The van der Waals surface area contributed by atoms with Gasteiger partial charge in [-0.3, -0.25) is 0 Å². The molecule has 0 spiro atoms. The lowest BCUT2D eigenvalue weighted by Crippen LogP contribution is -2.61. The van der Waals surface area contributed by atoms with Crippen molar-refractivity contribution >= 4 is 37.7 Å². The van der Waals surface area contributed by atoms with Gasteiger partial charge in [0.1, 0.15) is 0 Å². The molecule has 1 saturated heterocycles. The highest BCUT2D eigenvalue weighted by molar-refractivity contribution is 6.87. The fourth-order valence-corrected chi connectivity index (χ4v) is 2.73. The predicted molar refractivity (Wildman–Crippen MR) is 147 cm³/mol. The van der Waals surface area contributed by atoms with Gasteiger partial charge in [0.2, 0.25) is 0 Å². The molecule has 1 fully saturated rings. The Labute approximate surface area is 203 Å². The first-order valence-corrected chi connectivity index (χ1v) is 12.3. The smallest absolute Gasteiger partial charge is 0.445 e. The van der Waals surface area contributed by atoms with Crippen LogP contribution in [0.2, 0.25) is 0 Å². The molecule has 0 aromatic heterocycles. The number of benzene rings is 3. The summed E-state index contributed by atoms with van der Waals surface area (Å²) in [7, 11) is -1.43. The van der Waals surface area contributed by atoms with E-state index in [9.17, 15) is 0 Å². The van der Waals surface area contributed by atoms with E-state index in [1.165, 1.54) is 19.3 Å². The van der Waals surface area contributed by atoms with Crippen molar-refractivity contribution < 1.29 is 13.7 Å². The van der Waals surface area contributed by atoms with E-state index in [-0.39, 0.29) is 0 Å². The lowest BCUT2D eigenvalue weighted by Gasteiger charge is -2.31. The monoisotopic (exact) mass is 444 g/mol. The normalized spacial score (nSPS) is 12.4. The van der Waals surface area contributed by atoms with E-state index >= 15 is 0 Å². The maximum absolute atomic E-state index is 6.07. The van der Waals surface area contributed by atoms with Crippen molar-refractivity contribution in [3.63, 3.8) is 0 Å². The van der Waals surface area contributed by atoms with Crippen molar-refractivity contribution in [2.24, 2.45) is 0 Å². The van der Waals surface area contributed by atoms with E-state index in [0.29, 0.717) is 0 Å². The Kier molecular flexibility index (Phi) is 15.9. The zero-order valence-corrected chi connectivity index (χ0v) is 21.2. The van der Waals surface area contributed by atoms with Gasteiger partial charge in [0.15, 0.2) is 0 Å². The second-order valence-corrected chi connectivity index (χ2v) is 7.76. The van der Waals surface area contributed by atoms with E-state index in [0.717, 1.165) is 16.4 Å². The Balaban J connectivity index is 0.000000528. The van der Waals surface area contributed by atoms with E-state index in [4.69, 9.17) is 13.7 Å². The average Bonchev–Trinajstić information content (AvgIpc) is 2.87. The van der Waals surface area contributed by atoms with E-state index < -0.39 is 21.4 Å². The minimum absolute atomic E-state index is 0.477. The highest BCUT2D eigenvalue weighted by atomic mass is 16.7. The lowest BCUT2D eigenvalue weighted by atomic mass is 9.61. The first kappa shape index (κ1) is 28.8. The standard InChI is InChI=1S/C18H15B3O3.3C3H8/c1-4-10-16(11-5-1)19-22-20(17-12-6-2-7-13-17)24-21(23-19)18-14-8-3-9-15-18;3*1-3-2/h1-15H;3*3H2,1-2H3. The molecule has 4 rings (SSSR count). The summed E-state index contributed by atoms with van der Waals surface area (Å²) in [5, 5.41) is 0. The quantitative estimate of drug-likeness (QED) is 0.501. The summed E-state index contributed by atoms with van der Waals surface area (Å²) in [5.41, 5.74) is 2.92. The van der Waals surface area contributed by atoms with Crippen molar-refractivity contribution in [1.29, 1.82) is 0 Å². The largest absolute Gasteiger partial charge is 0.467 e. The minimum Gasteiger partial charge on any atom is -0.445 e. The molecule has 0 saturated carbocycles. The van der Waals surface area contributed by atoms with Crippen LogP contribution in [0.3, 0.4) is 0 Å². The zero-order valence-electron chi connectivity index (χ0n) is 21.2. The molecule has 0 atom stereocenters. The van der Waals surface area contributed by atoms with Crippen LogP contribution >= 0.6 is 0 Å². The third-order valence-electron chi connectivity index (χ3n) is 3.96. The van der Waals surface area contributed by atoms with Crippen LogP contribution in [0.5, 0.6) is 0 Å². The minimum atomic E-state index is -0.477. The van der Waals surface area contributed by atoms with Crippen LogP contribution in [-0.4, -0.2) is 21.4 Å². The zero-order chi connectivity index (χ0) is 24.3. The Morgan fingerprint density at radius 1 is 0.394 bits per heavy atom. The Morgan fingerprint density at radius 3 is 0.758 bits per heavy atom. The topological polar surface area (TPSA) is 27.7 Å². The molecule has 1 heterocycles. The van der Waals surface area contributed by atoms with Crippen LogP contribution in [0.1, 0.15) is 60.8 Å². The van der Waals surface area contributed by atoms with Crippen LogP contribution in [0.25, 0.3) is 0 Å². The molecule has 0 radical (unpaired) electrons. The van der Waals surface area contributed by atoms with Crippen molar-refractivity contribution in [2.75, 3.05) is 0 Å². The summed E-state index contributed by atoms with van der Waals surface area (Å²) >= 11 is 0. The second-order valence-electron chi connectivity index (χ2n) is 7.76. The lowest BCUT2D eigenvalue weighted by molar-refractivity contribution is 0.308. The SMILES string of the molecule is CCC.CCC.CCC.c1ccc(B2OB(c3ccccc3)OB(c3ccccc3)O2)cc1. The van der Waals surface area contributed by atoms with Gasteiger partial charge in [-0.15, -0.1) is 0 Å². The van der Waals surface area contributed by atoms with Gasteiger partial charge >= 0.3 is 21.4 Å². The van der Waals surface area contributed by atoms with Crippen LogP contribution in [0.15, 0.2) is 91.0 Å². The maximum Gasteiger partial charge on any atom is 0.467 e. The van der Waals surface area contributed by atoms with Crippen LogP contribution in [0, 0.1) is 0 Å². The number of hydrogen-bond acceptors (Lipinski definition) is 3. The average molecular weight is 444 g/mol. The summed E-state index contributed by atoms with van der Waals surface area (Å²) in [6.45, 7) is 12.8. The van der Waals surface area contributed by atoms with Crippen LogP contribution in [-0.2, 0) is 13.7 Å². The molecule has 0 unspecified atom stereocenters. The third-order valence-corrected chi connectivity index (χ3v) is 3.96. The van der Waals surface area contributed by atoms with Crippen LogP contribution in [0.4, 0.5) is 0 Å². The Morgan fingerprint density at radius 2 is 0.576 bits per heavy atom. The van der Waals surface area contributed by atoms with Gasteiger partial charge in [-0.05, 0) is 16.4 Å². The van der Waals surface area contributed by atoms with Crippen molar-refractivity contribution in [1.82, 2.24) is 0 Å². The summed E-state index contributed by atoms with van der Waals surface area (Å²) in [4.78, 5) is 0. The van der Waals surface area contributed by atoms with Gasteiger partial charge in [0, 0.05) is 0 Å². The molecule has 3 aromatic carbocycles. The molecule has 6 heteroatoms. The molecule has 0 amide bonds.